The summed E-state index contributed by atoms with van der Waals surface area (Å²) in [6.45, 7) is 1.54. The van der Waals surface area contributed by atoms with Crippen LogP contribution in [-0.4, -0.2) is 44.0 Å². The Morgan fingerprint density at radius 1 is 1.29 bits per heavy atom. The predicted molar refractivity (Wildman–Crippen MR) is 59.0 cm³/mol. The summed E-state index contributed by atoms with van der Waals surface area (Å²) in [5, 5.41) is 3.16. The standard InChI is InChI=1S/C8H16F2N2.2ClH/c1-11-7-2-4-12(5-3-7)6-8(9)10;;/h7-8,11H,2-6H2,1H3;2*1H. The largest absolute Gasteiger partial charge is 0.317 e. The van der Waals surface area contributed by atoms with Crippen molar-refractivity contribution in [1.82, 2.24) is 10.2 Å². The average molecular weight is 251 g/mol. The summed E-state index contributed by atoms with van der Waals surface area (Å²) in [4.78, 5) is 1.83. The molecule has 0 atom stereocenters. The van der Waals surface area contributed by atoms with Gasteiger partial charge in [-0.25, -0.2) is 8.78 Å². The molecule has 1 heterocycles. The number of halogens is 4. The highest BCUT2D eigenvalue weighted by molar-refractivity contribution is 5.85. The molecule has 1 aliphatic heterocycles. The number of piperidine rings is 1. The van der Waals surface area contributed by atoms with E-state index in [0.717, 1.165) is 25.9 Å². The molecule has 0 aromatic carbocycles. The molecule has 0 saturated carbocycles. The summed E-state index contributed by atoms with van der Waals surface area (Å²) in [5.74, 6) is 0. The molecule has 1 N–H and O–H groups in total. The van der Waals surface area contributed by atoms with E-state index in [0.29, 0.717) is 6.04 Å². The van der Waals surface area contributed by atoms with Crippen LogP contribution < -0.4 is 5.32 Å². The summed E-state index contributed by atoms with van der Waals surface area (Å²) in [6.07, 6.45) is -0.206. The minimum absolute atomic E-state index is 0. The molecule has 1 aliphatic rings. The molecule has 0 aliphatic carbocycles. The fourth-order valence-corrected chi connectivity index (χ4v) is 1.60. The van der Waals surface area contributed by atoms with Crippen LogP contribution in [-0.2, 0) is 0 Å². The Morgan fingerprint density at radius 2 is 1.79 bits per heavy atom. The second-order valence-corrected chi connectivity index (χ2v) is 3.25. The summed E-state index contributed by atoms with van der Waals surface area (Å²) in [5.41, 5.74) is 0. The lowest BCUT2D eigenvalue weighted by molar-refractivity contribution is 0.0737. The SMILES string of the molecule is CNC1CCN(CC(F)F)CC1.Cl.Cl. The van der Waals surface area contributed by atoms with Gasteiger partial charge in [0.05, 0.1) is 6.54 Å². The van der Waals surface area contributed by atoms with Gasteiger partial charge >= 0.3 is 0 Å². The summed E-state index contributed by atoms with van der Waals surface area (Å²) in [7, 11) is 1.92. The predicted octanol–water partition coefficient (Wildman–Crippen LogP) is 1.78. The summed E-state index contributed by atoms with van der Waals surface area (Å²) >= 11 is 0. The van der Waals surface area contributed by atoms with Gasteiger partial charge in [-0.3, -0.25) is 4.90 Å². The maximum atomic E-state index is 11.9. The van der Waals surface area contributed by atoms with Crippen LogP contribution in [0.5, 0.6) is 0 Å². The van der Waals surface area contributed by atoms with Gasteiger partial charge in [0.1, 0.15) is 0 Å². The number of nitrogens with one attached hydrogen (secondary N) is 1. The van der Waals surface area contributed by atoms with Gasteiger partial charge in [0.25, 0.3) is 6.43 Å². The fraction of sp³-hybridized carbons (Fsp3) is 1.00. The first-order chi connectivity index (χ1) is 5.72. The Balaban J connectivity index is 0. The van der Waals surface area contributed by atoms with Gasteiger partial charge in [0.2, 0.25) is 0 Å². The number of likely N-dealkylation sites (tertiary alicyclic amines) is 1. The zero-order valence-corrected chi connectivity index (χ0v) is 9.84. The molecule has 0 aromatic rings. The number of nitrogens with zero attached hydrogens (tertiary/aromatic N) is 1. The average Bonchev–Trinajstić information content (AvgIpc) is 2.05. The summed E-state index contributed by atoms with van der Waals surface area (Å²) in [6, 6.07) is 0.527. The molecule has 6 heteroatoms. The lowest BCUT2D eigenvalue weighted by atomic mass is 10.1. The molecular formula is C8H18Cl2F2N2. The van der Waals surface area contributed by atoms with Crippen LogP contribution in [0.1, 0.15) is 12.8 Å². The summed E-state index contributed by atoms with van der Waals surface area (Å²) < 4.78 is 23.9. The van der Waals surface area contributed by atoms with E-state index in [1.807, 2.05) is 11.9 Å². The number of rotatable bonds is 3. The van der Waals surface area contributed by atoms with Crippen molar-refractivity contribution < 1.29 is 8.78 Å². The zero-order valence-electron chi connectivity index (χ0n) is 8.21. The van der Waals surface area contributed by atoms with Gasteiger partial charge in [-0.15, -0.1) is 24.8 Å². The van der Waals surface area contributed by atoms with E-state index in [4.69, 9.17) is 0 Å². The highest BCUT2D eigenvalue weighted by Crippen LogP contribution is 2.10. The molecule has 14 heavy (non-hydrogen) atoms. The van der Waals surface area contributed by atoms with Gasteiger partial charge in [-0.1, -0.05) is 0 Å². The van der Waals surface area contributed by atoms with Crippen molar-refractivity contribution in [3.8, 4) is 0 Å². The number of hydrogen-bond acceptors (Lipinski definition) is 2. The van der Waals surface area contributed by atoms with Crippen LogP contribution in [0.15, 0.2) is 0 Å². The van der Waals surface area contributed by atoms with Crippen LogP contribution in [0, 0.1) is 0 Å². The normalized spacial score (nSPS) is 18.9. The Bertz CT molecular complexity index is 131. The van der Waals surface area contributed by atoms with Crippen LogP contribution >= 0.6 is 24.8 Å². The molecule has 1 fully saturated rings. The van der Waals surface area contributed by atoms with Crippen LogP contribution in [0.25, 0.3) is 0 Å². The van der Waals surface area contributed by atoms with Crippen LogP contribution in [0.2, 0.25) is 0 Å². The van der Waals surface area contributed by atoms with Crippen molar-refractivity contribution in [3.05, 3.63) is 0 Å². The van der Waals surface area contributed by atoms with Crippen LogP contribution in [0.3, 0.4) is 0 Å². The molecule has 0 radical (unpaired) electrons. The molecule has 1 rings (SSSR count). The smallest absolute Gasteiger partial charge is 0.251 e. The molecule has 1 saturated heterocycles. The van der Waals surface area contributed by atoms with E-state index in [-0.39, 0.29) is 31.4 Å². The second kappa shape index (κ2) is 8.65. The highest BCUT2D eigenvalue weighted by Gasteiger charge is 2.19. The first-order valence-electron chi connectivity index (χ1n) is 4.40. The quantitative estimate of drug-likeness (QED) is 0.822. The molecule has 0 amide bonds. The van der Waals surface area contributed by atoms with Crippen molar-refractivity contribution in [2.24, 2.45) is 0 Å². The third-order valence-corrected chi connectivity index (χ3v) is 2.39. The maximum absolute atomic E-state index is 11.9. The molecule has 0 aromatic heterocycles. The molecule has 2 nitrogen and oxygen atoms in total. The van der Waals surface area contributed by atoms with Gasteiger partial charge in [0.15, 0.2) is 0 Å². The van der Waals surface area contributed by atoms with Crippen LogP contribution in [0.4, 0.5) is 8.78 Å². The van der Waals surface area contributed by atoms with E-state index in [9.17, 15) is 8.78 Å². The van der Waals surface area contributed by atoms with Crippen molar-refractivity contribution >= 4 is 24.8 Å². The monoisotopic (exact) mass is 250 g/mol. The molecular weight excluding hydrogens is 233 g/mol. The van der Waals surface area contributed by atoms with E-state index < -0.39 is 6.43 Å². The molecule has 0 unspecified atom stereocenters. The first-order valence-corrected chi connectivity index (χ1v) is 4.40. The second-order valence-electron chi connectivity index (χ2n) is 3.25. The van der Waals surface area contributed by atoms with Crippen molar-refractivity contribution in [3.63, 3.8) is 0 Å². The first kappa shape index (κ1) is 16.8. The van der Waals surface area contributed by atoms with Gasteiger partial charge in [-0.05, 0) is 33.0 Å². The fourth-order valence-electron chi connectivity index (χ4n) is 1.60. The van der Waals surface area contributed by atoms with E-state index in [1.54, 1.807) is 0 Å². The molecule has 0 bridgehead atoms. The number of hydrogen-bond donors (Lipinski definition) is 1. The topological polar surface area (TPSA) is 15.3 Å². The van der Waals surface area contributed by atoms with E-state index in [1.165, 1.54) is 0 Å². The van der Waals surface area contributed by atoms with Crippen molar-refractivity contribution in [2.45, 2.75) is 25.3 Å². The van der Waals surface area contributed by atoms with Gasteiger partial charge in [-0.2, -0.15) is 0 Å². The Kier molecular flexibility index (Phi) is 10.4. The van der Waals surface area contributed by atoms with E-state index >= 15 is 0 Å². The van der Waals surface area contributed by atoms with Crippen molar-refractivity contribution in [2.75, 3.05) is 26.7 Å². The Labute approximate surface area is 96.2 Å². The van der Waals surface area contributed by atoms with Gasteiger partial charge < -0.3 is 5.32 Å². The zero-order chi connectivity index (χ0) is 8.97. The van der Waals surface area contributed by atoms with Gasteiger partial charge in [0, 0.05) is 6.04 Å². The Morgan fingerprint density at radius 3 is 2.14 bits per heavy atom. The third kappa shape index (κ3) is 5.96. The third-order valence-electron chi connectivity index (χ3n) is 2.39. The number of alkyl halides is 2. The Hall–Kier alpha value is 0.360. The lowest BCUT2D eigenvalue weighted by Crippen LogP contribution is -2.42. The molecule has 0 spiro atoms. The lowest BCUT2D eigenvalue weighted by Gasteiger charge is -2.31. The van der Waals surface area contributed by atoms with Crippen molar-refractivity contribution in [1.29, 1.82) is 0 Å². The minimum Gasteiger partial charge on any atom is -0.317 e. The molecule has 88 valence electrons. The minimum atomic E-state index is -2.18. The highest BCUT2D eigenvalue weighted by atomic mass is 35.5. The van der Waals surface area contributed by atoms with E-state index in [2.05, 4.69) is 5.32 Å². The maximum Gasteiger partial charge on any atom is 0.251 e.